The van der Waals surface area contributed by atoms with Crippen molar-refractivity contribution in [3.63, 3.8) is 0 Å². The van der Waals surface area contributed by atoms with Crippen LogP contribution in [0.15, 0.2) is 41.8 Å². The van der Waals surface area contributed by atoms with E-state index in [1.807, 2.05) is 29.6 Å². The zero-order valence-electron chi connectivity index (χ0n) is 16.8. The molecule has 1 unspecified atom stereocenters. The highest BCUT2D eigenvalue weighted by Gasteiger charge is 2.24. The summed E-state index contributed by atoms with van der Waals surface area (Å²) in [6.07, 6.45) is 2.37. The lowest BCUT2D eigenvalue weighted by atomic mass is 10.0. The number of amides is 1. The summed E-state index contributed by atoms with van der Waals surface area (Å²) in [5, 5.41) is 12.2. The molecule has 7 nitrogen and oxygen atoms in total. The number of H-pyrrole nitrogens is 1. The highest BCUT2D eigenvalue weighted by Crippen LogP contribution is 2.27. The van der Waals surface area contributed by atoms with Crippen molar-refractivity contribution < 1.29 is 9.53 Å². The number of carbonyl (C=O) groups excluding carboxylic acids is 1. The molecule has 9 heteroatoms. The van der Waals surface area contributed by atoms with E-state index in [0.29, 0.717) is 17.1 Å². The van der Waals surface area contributed by atoms with E-state index in [2.05, 4.69) is 32.5 Å². The fourth-order valence-electron chi connectivity index (χ4n) is 3.83. The van der Waals surface area contributed by atoms with Crippen molar-refractivity contribution in [2.24, 2.45) is 0 Å². The SMILES string of the molecule is COc1cccc(C(CNC(=O)Cn2c(-c3cccs3)n[nH]c2=S)N2CCCC2)c1. The van der Waals surface area contributed by atoms with E-state index >= 15 is 0 Å². The van der Waals surface area contributed by atoms with Crippen LogP contribution >= 0.6 is 23.6 Å². The zero-order valence-corrected chi connectivity index (χ0v) is 18.5. The van der Waals surface area contributed by atoms with Gasteiger partial charge in [-0.1, -0.05) is 18.2 Å². The predicted molar refractivity (Wildman–Crippen MR) is 120 cm³/mol. The van der Waals surface area contributed by atoms with Gasteiger partial charge in [0.1, 0.15) is 12.3 Å². The Morgan fingerprint density at radius 1 is 1.33 bits per heavy atom. The van der Waals surface area contributed by atoms with E-state index in [4.69, 9.17) is 17.0 Å². The average molecular weight is 444 g/mol. The number of aromatic amines is 1. The molecule has 1 fully saturated rings. The van der Waals surface area contributed by atoms with E-state index in [0.717, 1.165) is 29.3 Å². The van der Waals surface area contributed by atoms with Gasteiger partial charge in [-0.25, -0.2) is 0 Å². The minimum absolute atomic E-state index is 0.0857. The molecular formula is C21H25N5O2S2. The molecule has 3 heterocycles. The first-order chi connectivity index (χ1) is 14.7. The number of carbonyl (C=O) groups is 1. The van der Waals surface area contributed by atoms with E-state index in [1.54, 1.807) is 23.0 Å². The number of nitrogens with one attached hydrogen (secondary N) is 2. The molecule has 30 heavy (non-hydrogen) atoms. The zero-order chi connectivity index (χ0) is 20.9. The normalized spacial score (nSPS) is 15.2. The molecule has 1 amide bonds. The number of likely N-dealkylation sites (tertiary alicyclic amines) is 1. The molecule has 158 valence electrons. The molecule has 2 aromatic heterocycles. The van der Waals surface area contributed by atoms with E-state index in [9.17, 15) is 4.79 Å². The molecule has 1 aliphatic heterocycles. The number of thiophene rings is 1. The number of methoxy groups -OCH3 is 1. The summed E-state index contributed by atoms with van der Waals surface area (Å²) in [6, 6.07) is 12.1. The fraction of sp³-hybridized carbons (Fsp3) is 0.381. The molecule has 3 aromatic rings. The standard InChI is InChI=1S/C21H25N5O2S2/c1-28-16-7-4-6-15(12-16)17(25-9-2-3-10-25)13-22-19(27)14-26-20(23-24-21(26)29)18-8-5-11-30-18/h4-8,11-12,17H,2-3,9-10,13-14H2,1H3,(H,22,27)(H,24,29). The lowest BCUT2D eigenvalue weighted by molar-refractivity contribution is -0.121. The van der Waals surface area contributed by atoms with Crippen LogP contribution in [0.4, 0.5) is 0 Å². The van der Waals surface area contributed by atoms with Gasteiger partial charge in [0.15, 0.2) is 10.6 Å². The van der Waals surface area contributed by atoms with Crippen LogP contribution in [0.1, 0.15) is 24.4 Å². The first kappa shape index (κ1) is 20.8. The number of ether oxygens (including phenoxy) is 1. The molecule has 4 rings (SSSR count). The van der Waals surface area contributed by atoms with Crippen LogP contribution in [0.2, 0.25) is 0 Å². The summed E-state index contributed by atoms with van der Waals surface area (Å²) in [7, 11) is 1.67. The second-order valence-corrected chi connectivity index (χ2v) is 8.59. The van der Waals surface area contributed by atoms with Gasteiger partial charge in [-0.05, 0) is 67.3 Å². The van der Waals surface area contributed by atoms with Gasteiger partial charge in [-0.15, -0.1) is 11.3 Å². The van der Waals surface area contributed by atoms with Crippen LogP contribution in [0.5, 0.6) is 5.75 Å². The van der Waals surface area contributed by atoms with Gasteiger partial charge < -0.3 is 10.1 Å². The Hall–Kier alpha value is -2.49. The van der Waals surface area contributed by atoms with Crippen molar-refractivity contribution in [2.45, 2.75) is 25.4 Å². The number of nitrogens with zero attached hydrogens (tertiary/aromatic N) is 3. The lowest BCUT2D eigenvalue weighted by Gasteiger charge is -2.28. The van der Waals surface area contributed by atoms with Crippen LogP contribution in [0, 0.1) is 4.77 Å². The number of benzene rings is 1. The Labute approximate surface area is 184 Å². The quantitative estimate of drug-likeness (QED) is 0.520. The van der Waals surface area contributed by atoms with Gasteiger partial charge in [-0.3, -0.25) is 19.4 Å². The van der Waals surface area contributed by atoms with Gasteiger partial charge in [0.2, 0.25) is 5.91 Å². The maximum Gasteiger partial charge on any atom is 0.240 e. The van der Waals surface area contributed by atoms with Crippen molar-refractivity contribution >= 4 is 29.5 Å². The first-order valence-corrected chi connectivity index (χ1v) is 11.3. The fourth-order valence-corrected chi connectivity index (χ4v) is 4.75. The largest absolute Gasteiger partial charge is 0.497 e. The third kappa shape index (κ3) is 4.63. The van der Waals surface area contributed by atoms with Crippen LogP contribution in [0.3, 0.4) is 0 Å². The minimum Gasteiger partial charge on any atom is -0.497 e. The third-order valence-corrected chi connectivity index (χ3v) is 6.53. The second kappa shape index (κ2) is 9.55. The molecular weight excluding hydrogens is 418 g/mol. The summed E-state index contributed by atoms with van der Waals surface area (Å²) < 4.78 is 7.58. The molecule has 0 aliphatic carbocycles. The molecule has 0 radical (unpaired) electrons. The van der Waals surface area contributed by atoms with Gasteiger partial charge in [0.25, 0.3) is 0 Å². The van der Waals surface area contributed by atoms with Crippen LogP contribution < -0.4 is 10.1 Å². The Kier molecular flexibility index (Phi) is 6.61. The van der Waals surface area contributed by atoms with E-state index < -0.39 is 0 Å². The van der Waals surface area contributed by atoms with Crippen LogP contribution in [-0.4, -0.2) is 52.3 Å². The van der Waals surface area contributed by atoms with Gasteiger partial charge in [0.05, 0.1) is 18.0 Å². The van der Waals surface area contributed by atoms with E-state index in [-0.39, 0.29) is 18.5 Å². The summed E-state index contributed by atoms with van der Waals surface area (Å²) >= 11 is 6.91. The van der Waals surface area contributed by atoms with Crippen LogP contribution in [0.25, 0.3) is 10.7 Å². The van der Waals surface area contributed by atoms with Crippen molar-refractivity contribution in [3.8, 4) is 16.5 Å². The van der Waals surface area contributed by atoms with Crippen molar-refractivity contribution in [1.29, 1.82) is 0 Å². The maximum atomic E-state index is 12.8. The third-order valence-electron chi connectivity index (χ3n) is 5.35. The molecule has 2 N–H and O–H groups in total. The summed E-state index contributed by atoms with van der Waals surface area (Å²) in [6.45, 7) is 2.74. The van der Waals surface area contributed by atoms with Gasteiger partial charge >= 0.3 is 0 Å². The van der Waals surface area contributed by atoms with Crippen LogP contribution in [-0.2, 0) is 11.3 Å². The lowest BCUT2D eigenvalue weighted by Crippen LogP contribution is -2.38. The van der Waals surface area contributed by atoms with Crippen molar-refractivity contribution in [2.75, 3.05) is 26.7 Å². The topological polar surface area (TPSA) is 75.2 Å². The smallest absolute Gasteiger partial charge is 0.240 e. The highest BCUT2D eigenvalue weighted by molar-refractivity contribution is 7.71. The van der Waals surface area contributed by atoms with Crippen molar-refractivity contribution in [1.82, 2.24) is 25.0 Å². The maximum absolute atomic E-state index is 12.8. The predicted octanol–water partition coefficient (Wildman–Crippen LogP) is 3.63. The molecule has 0 spiro atoms. The number of hydrogen-bond acceptors (Lipinski definition) is 6. The summed E-state index contributed by atoms with van der Waals surface area (Å²) in [5.41, 5.74) is 1.15. The first-order valence-electron chi connectivity index (χ1n) is 9.99. The number of aromatic nitrogens is 3. The Balaban J connectivity index is 1.47. The Morgan fingerprint density at radius 2 is 2.17 bits per heavy atom. The van der Waals surface area contributed by atoms with E-state index in [1.165, 1.54) is 12.8 Å². The monoisotopic (exact) mass is 443 g/mol. The Morgan fingerprint density at radius 3 is 2.90 bits per heavy atom. The van der Waals surface area contributed by atoms with Gasteiger partial charge in [-0.2, -0.15) is 5.10 Å². The summed E-state index contributed by atoms with van der Waals surface area (Å²) in [4.78, 5) is 16.2. The minimum atomic E-state index is -0.0857. The van der Waals surface area contributed by atoms with Gasteiger partial charge in [0, 0.05) is 6.54 Å². The molecule has 0 bridgehead atoms. The molecule has 1 atom stereocenters. The molecule has 1 aromatic carbocycles. The number of rotatable bonds is 8. The second-order valence-electron chi connectivity index (χ2n) is 7.26. The summed E-state index contributed by atoms with van der Waals surface area (Å²) in [5.74, 6) is 1.43. The molecule has 0 saturated carbocycles. The average Bonchev–Trinajstić information content (AvgIpc) is 3.52. The highest BCUT2D eigenvalue weighted by atomic mass is 32.1. The Bertz CT molecular complexity index is 1040. The molecule has 1 saturated heterocycles. The van der Waals surface area contributed by atoms with Crippen molar-refractivity contribution in [3.05, 3.63) is 52.1 Å². The molecule has 1 aliphatic rings. The number of hydrogen-bond donors (Lipinski definition) is 2.